The molecule has 0 radical (unpaired) electrons. The predicted octanol–water partition coefficient (Wildman–Crippen LogP) is 15.5. The van der Waals surface area contributed by atoms with Gasteiger partial charge in [0.1, 0.15) is 13.2 Å². The van der Waals surface area contributed by atoms with E-state index in [9.17, 15) is 14.4 Å². The van der Waals surface area contributed by atoms with Gasteiger partial charge < -0.3 is 14.2 Å². The smallest absolute Gasteiger partial charge is 0.306 e. The van der Waals surface area contributed by atoms with E-state index in [1.165, 1.54) is 161 Å². The van der Waals surface area contributed by atoms with Crippen molar-refractivity contribution in [2.24, 2.45) is 5.92 Å². The summed E-state index contributed by atoms with van der Waals surface area (Å²) in [5.41, 5.74) is 0. The molecule has 0 amide bonds. The fourth-order valence-corrected chi connectivity index (χ4v) is 7.30. The quantitative estimate of drug-likeness (QED) is 0.0348. The highest BCUT2D eigenvalue weighted by Gasteiger charge is 2.19. The summed E-state index contributed by atoms with van der Waals surface area (Å²) in [5, 5.41) is 0. The fourth-order valence-electron chi connectivity index (χ4n) is 7.30. The molecule has 0 aromatic heterocycles. The number of carbonyl (C=O) groups excluding carboxylic acids is 3. The van der Waals surface area contributed by atoms with Crippen LogP contribution in [0.5, 0.6) is 0 Å². The van der Waals surface area contributed by atoms with Crippen LogP contribution >= 0.6 is 0 Å². The molecule has 1 unspecified atom stereocenters. The monoisotopic (exact) mass is 779 g/mol. The van der Waals surface area contributed by atoms with Crippen molar-refractivity contribution < 1.29 is 28.6 Å². The molecule has 0 saturated carbocycles. The summed E-state index contributed by atoms with van der Waals surface area (Å²) >= 11 is 0. The number of hydrogen-bond acceptors (Lipinski definition) is 6. The van der Waals surface area contributed by atoms with Crippen molar-refractivity contribution >= 4 is 17.9 Å². The average Bonchev–Trinajstić information content (AvgIpc) is 3.18. The molecule has 0 heterocycles. The number of esters is 3. The molecule has 6 nitrogen and oxygen atoms in total. The molecule has 0 aliphatic rings. The third-order valence-corrected chi connectivity index (χ3v) is 11.4. The van der Waals surface area contributed by atoms with Gasteiger partial charge in [0.2, 0.25) is 0 Å². The Hall–Kier alpha value is -1.59. The SMILES string of the molecule is CCCCCCCCCCCCCCCCCCCCC(=O)OC[C@H](COC(=O)CCCCCCC)OC(=O)CCCCCCCCCCCCC(C)CC. The minimum Gasteiger partial charge on any atom is -0.462 e. The van der Waals surface area contributed by atoms with Gasteiger partial charge in [0.05, 0.1) is 0 Å². The van der Waals surface area contributed by atoms with Gasteiger partial charge in [-0.05, 0) is 25.2 Å². The molecule has 55 heavy (non-hydrogen) atoms. The zero-order valence-electron chi connectivity index (χ0n) is 37.4. The lowest BCUT2D eigenvalue weighted by Crippen LogP contribution is -2.30. The topological polar surface area (TPSA) is 78.9 Å². The molecule has 0 bridgehead atoms. The Bertz CT molecular complexity index is 828. The van der Waals surface area contributed by atoms with Crippen LogP contribution in [0.3, 0.4) is 0 Å². The van der Waals surface area contributed by atoms with Crippen LogP contribution in [0.15, 0.2) is 0 Å². The first-order valence-electron chi connectivity index (χ1n) is 24.4. The van der Waals surface area contributed by atoms with E-state index in [4.69, 9.17) is 14.2 Å². The summed E-state index contributed by atoms with van der Waals surface area (Å²) in [6.07, 6.45) is 44.0. The Balaban J connectivity index is 4.13. The van der Waals surface area contributed by atoms with Gasteiger partial charge in [-0.15, -0.1) is 0 Å². The van der Waals surface area contributed by atoms with Crippen molar-refractivity contribution in [1.29, 1.82) is 0 Å². The number of carbonyl (C=O) groups is 3. The highest BCUT2D eigenvalue weighted by Crippen LogP contribution is 2.17. The van der Waals surface area contributed by atoms with Crippen molar-refractivity contribution in [2.45, 2.75) is 278 Å². The second kappa shape index (κ2) is 43.5. The number of hydrogen-bond donors (Lipinski definition) is 0. The van der Waals surface area contributed by atoms with E-state index in [0.29, 0.717) is 19.3 Å². The first-order chi connectivity index (χ1) is 26.9. The second-order valence-electron chi connectivity index (χ2n) is 17.0. The van der Waals surface area contributed by atoms with E-state index in [1.54, 1.807) is 0 Å². The minimum absolute atomic E-state index is 0.0645. The molecule has 0 aromatic carbocycles. The molecule has 0 saturated heterocycles. The van der Waals surface area contributed by atoms with Crippen LogP contribution in [0, 0.1) is 5.92 Å². The fraction of sp³-hybridized carbons (Fsp3) is 0.939. The number of rotatable bonds is 44. The number of unbranched alkanes of at least 4 members (excludes halogenated alkanes) is 30. The molecule has 2 atom stereocenters. The maximum absolute atomic E-state index is 12.7. The van der Waals surface area contributed by atoms with Gasteiger partial charge in [0.25, 0.3) is 0 Å². The van der Waals surface area contributed by atoms with Gasteiger partial charge in [0.15, 0.2) is 6.10 Å². The van der Waals surface area contributed by atoms with Crippen LogP contribution in [0.25, 0.3) is 0 Å². The van der Waals surface area contributed by atoms with Crippen molar-refractivity contribution in [1.82, 2.24) is 0 Å². The van der Waals surface area contributed by atoms with E-state index in [1.807, 2.05) is 0 Å². The molecular weight excluding hydrogens is 685 g/mol. The summed E-state index contributed by atoms with van der Waals surface area (Å²) in [7, 11) is 0. The van der Waals surface area contributed by atoms with Crippen LogP contribution in [0.1, 0.15) is 272 Å². The normalized spacial score (nSPS) is 12.4. The molecule has 0 rings (SSSR count). The van der Waals surface area contributed by atoms with E-state index in [2.05, 4.69) is 27.7 Å². The summed E-state index contributed by atoms with van der Waals surface area (Å²) in [4.78, 5) is 37.6. The van der Waals surface area contributed by atoms with Crippen molar-refractivity contribution in [3.05, 3.63) is 0 Å². The molecular formula is C49H94O6. The van der Waals surface area contributed by atoms with Gasteiger partial charge in [0, 0.05) is 19.3 Å². The van der Waals surface area contributed by atoms with E-state index in [-0.39, 0.29) is 31.1 Å². The zero-order chi connectivity index (χ0) is 40.3. The van der Waals surface area contributed by atoms with Gasteiger partial charge in [-0.1, -0.05) is 233 Å². The molecule has 6 heteroatoms. The first-order valence-corrected chi connectivity index (χ1v) is 24.4. The lowest BCUT2D eigenvalue weighted by atomic mass is 9.99. The highest BCUT2D eigenvalue weighted by atomic mass is 16.6. The van der Waals surface area contributed by atoms with E-state index < -0.39 is 6.10 Å². The van der Waals surface area contributed by atoms with Crippen LogP contribution in [0.2, 0.25) is 0 Å². The third kappa shape index (κ3) is 41.9. The molecule has 0 aliphatic heterocycles. The lowest BCUT2D eigenvalue weighted by Gasteiger charge is -2.18. The van der Waals surface area contributed by atoms with Gasteiger partial charge in [-0.25, -0.2) is 0 Å². The van der Waals surface area contributed by atoms with Gasteiger partial charge in [-0.3, -0.25) is 14.4 Å². The Morgan fingerprint density at radius 1 is 0.364 bits per heavy atom. The Morgan fingerprint density at radius 2 is 0.636 bits per heavy atom. The Kier molecular flexibility index (Phi) is 42.3. The van der Waals surface area contributed by atoms with Crippen molar-refractivity contribution in [3.8, 4) is 0 Å². The Labute approximate surface area is 342 Å². The summed E-state index contributed by atoms with van der Waals surface area (Å²) in [6, 6.07) is 0. The average molecular weight is 779 g/mol. The van der Waals surface area contributed by atoms with E-state index in [0.717, 1.165) is 70.1 Å². The largest absolute Gasteiger partial charge is 0.462 e. The number of ether oxygens (including phenoxy) is 3. The van der Waals surface area contributed by atoms with Gasteiger partial charge in [-0.2, -0.15) is 0 Å². The molecule has 0 fully saturated rings. The van der Waals surface area contributed by atoms with Crippen molar-refractivity contribution in [2.75, 3.05) is 13.2 Å². The molecule has 326 valence electrons. The standard InChI is InChI=1S/C49H94O6/c1-5-8-10-12-13-14-15-16-17-18-19-20-21-22-26-29-33-37-41-48(51)54-44-46(43-53-47(50)40-36-31-11-9-6-2)55-49(52)42-38-34-30-27-24-23-25-28-32-35-39-45(4)7-3/h45-46H,5-44H2,1-4H3/t45?,46-/m0/s1. The van der Waals surface area contributed by atoms with Gasteiger partial charge >= 0.3 is 17.9 Å². The van der Waals surface area contributed by atoms with Crippen LogP contribution in [-0.2, 0) is 28.6 Å². The first kappa shape index (κ1) is 53.4. The Morgan fingerprint density at radius 3 is 0.945 bits per heavy atom. The van der Waals surface area contributed by atoms with Crippen molar-refractivity contribution in [3.63, 3.8) is 0 Å². The zero-order valence-corrected chi connectivity index (χ0v) is 37.4. The van der Waals surface area contributed by atoms with E-state index >= 15 is 0 Å². The maximum Gasteiger partial charge on any atom is 0.306 e. The molecule has 0 aromatic rings. The van der Waals surface area contributed by atoms with Crippen LogP contribution in [0.4, 0.5) is 0 Å². The molecule has 0 aliphatic carbocycles. The maximum atomic E-state index is 12.7. The highest BCUT2D eigenvalue weighted by molar-refractivity contribution is 5.71. The molecule has 0 N–H and O–H groups in total. The molecule has 0 spiro atoms. The summed E-state index contributed by atoms with van der Waals surface area (Å²) in [5.74, 6) is 0.00320. The second-order valence-corrected chi connectivity index (χ2v) is 17.0. The third-order valence-electron chi connectivity index (χ3n) is 11.4. The summed E-state index contributed by atoms with van der Waals surface area (Å²) < 4.78 is 16.6. The van der Waals surface area contributed by atoms with Crippen LogP contribution in [-0.4, -0.2) is 37.2 Å². The summed E-state index contributed by atoms with van der Waals surface area (Å²) in [6.45, 7) is 8.96. The predicted molar refractivity (Wildman–Crippen MR) is 233 cm³/mol. The van der Waals surface area contributed by atoms with Crippen LogP contribution < -0.4 is 0 Å². The minimum atomic E-state index is -0.758. The lowest BCUT2D eigenvalue weighted by molar-refractivity contribution is -0.167.